The first kappa shape index (κ1) is 12.0. The third kappa shape index (κ3) is 1.85. The summed E-state index contributed by atoms with van der Waals surface area (Å²) >= 11 is 6.08. The predicted molar refractivity (Wildman–Crippen MR) is 75.5 cm³/mol. The average Bonchev–Trinajstić information content (AvgIpc) is 2.66. The molecule has 19 heavy (non-hydrogen) atoms. The fourth-order valence-corrected chi connectivity index (χ4v) is 2.40. The van der Waals surface area contributed by atoms with Gasteiger partial charge in [-0.2, -0.15) is 0 Å². The van der Waals surface area contributed by atoms with Crippen molar-refractivity contribution in [2.45, 2.75) is 0 Å². The summed E-state index contributed by atoms with van der Waals surface area (Å²) in [6, 6.07) is 9.99. The molecule has 0 radical (unpaired) electrons. The second kappa shape index (κ2) is 4.24. The molecule has 0 saturated heterocycles. The highest BCUT2D eigenvalue weighted by Gasteiger charge is 2.16. The highest BCUT2D eigenvalue weighted by molar-refractivity contribution is 6.33. The Bertz CT molecular complexity index is 759. The van der Waals surface area contributed by atoms with Crippen LogP contribution in [-0.4, -0.2) is 9.55 Å². The molecule has 2 aromatic carbocycles. The molecule has 3 aromatic rings. The monoisotopic (exact) mass is 275 g/mol. The molecule has 0 aliphatic heterocycles. The van der Waals surface area contributed by atoms with Crippen LogP contribution in [0.5, 0.6) is 0 Å². The van der Waals surface area contributed by atoms with Crippen LogP contribution in [0.4, 0.5) is 10.1 Å². The van der Waals surface area contributed by atoms with Gasteiger partial charge < -0.3 is 10.3 Å². The second-order valence-electron chi connectivity index (χ2n) is 4.34. The first-order chi connectivity index (χ1) is 9.08. The topological polar surface area (TPSA) is 43.8 Å². The highest BCUT2D eigenvalue weighted by atomic mass is 35.5. The minimum absolute atomic E-state index is 0.307. The maximum absolute atomic E-state index is 14.0. The molecule has 1 aromatic heterocycles. The van der Waals surface area contributed by atoms with Crippen LogP contribution in [0.3, 0.4) is 0 Å². The van der Waals surface area contributed by atoms with E-state index < -0.39 is 0 Å². The van der Waals surface area contributed by atoms with E-state index >= 15 is 0 Å². The van der Waals surface area contributed by atoms with E-state index in [1.165, 1.54) is 6.07 Å². The van der Waals surface area contributed by atoms with Crippen molar-refractivity contribution in [2.75, 3.05) is 5.73 Å². The van der Waals surface area contributed by atoms with Crippen LogP contribution in [0.1, 0.15) is 0 Å². The summed E-state index contributed by atoms with van der Waals surface area (Å²) in [6.07, 6.45) is 0. The van der Waals surface area contributed by atoms with E-state index in [1.54, 1.807) is 28.8 Å². The predicted octanol–water partition coefficient (Wildman–Crippen LogP) is 3.62. The van der Waals surface area contributed by atoms with E-state index in [4.69, 9.17) is 17.3 Å². The molecular formula is C14H11ClFN3. The second-order valence-corrected chi connectivity index (χ2v) is 4.75. The number of hydrogen-bond acceptors (Lipinski definition) is 2. The van der Waals surface area contributed by atoms with Gasteiger partial charge in [0.05, 0.1) is 21.6 Å². The number of rotatable bonds is 1. The molecule has 0 atom stereocenters. The Morgan fingerprint density at radius 3 is 2.79 bits per heavy atom. The lowest BCUT2D eigenvalue weighted by molar-refractivity contribution is 0.629. The molecule has 3 nitrogen and oxygen atoms in total. The molecular weight excluding hydrogens is 265 g/mol. The molecule has 1 heterocycles. The Morgan fingerprint density at radius 2 is 2.05 bits per heavy atom. The zero-order chi connectivity index (χ0) is 13.6. The Kier molecular flexibility index (Phi) is 2.68. The first-order valence-electron chi connectivity index (χ1n) is 5.74. The fraction of sp³-hybridized carbons (Fsp3) is 0.0714. The number of nitrogens with two attached hydrogens (primary N) is 1. The molecule has 3 rings (SSSR count). The molecule has 0 aliphatic carbocycles. The lowest BCUT2D eigenvalue weighted by Crippen LogP contribution is -1.95. The maximum Gasteiger partial charge on any atom is 0.145 e. The third-order valence-corrected chi connectivity index (χ3v) is 3.41. The van der Waals surface area contributed by atoms with Gasteiger partial charge in [-0.1, -0.05) is 17.7 Å². The van der Waals surface area contributed by atoms with Gasteiger partial charge in [-0.05, 0) is 30.3 Å². The number of aryl methyl sites for hydroxylation is 1. The van der Waals surface area contributed by atoms with E-state index in [9.17, 15) is 4.39 Å². The molecule has 0 fully saturated rings. The van der Waals surface area contributed by atoms with Crippen molar-refractivity contribution in [3.05, 3.63) is 47.2 Å². The minimum atomic E-state index is -0.390. The summed E-state index contributed by atoms with van der Waals surface area (Å²) < 4.78 is 15.8. The number of nitrogens with zero attached hydrogens (tertiary/aromatic N) is 2. The van der Waals surface area contributed by atoms with Crippen molar-refractivity contribution in [1.29, 1.82) is 0 Å². The summed E-state index contributed by atoms with van der Waals surface area (Å²) in [5.74, 6) is 0.0996. The number of halogens is 2. The van der Waals surface area contributed by atoms with Crippen LogP contribution >= 0.6 is 11.6 Å². The van der Waals surface area contributed by atoms with E-state index in [0.29, 0.717) is 22.1 Å². The number of benzene rings is 2. The minimum Gasteiger partial charge on any atom is -0.399 e. The van der Waals surface area contributed by atoms with Crippen molar-refractivity contribution >= 4 is 28.3 Å². The Balaban J connectivity index is 2.34. The largest absolute Gasteiger partial charge is 0.399 e. The lowest BCUT2D eigenvalue weighted by Gasteiger charge is -2.05. The Labute approximate surface area is 114 Å². The summed E-state index contributed by atoms with van der Waals surface area (Å²) in [4.78, 5) is 4.42. The number of aromatic nitrogens is 2. The van der Waals surface area contributed by atoms with Gasteiger partial charge in [-0.25, -0.2) is 9.37 Å². The van der Waals surface area contributed by atoms with Crippen molar-refractivity contribution in [2.24, 2.45) is 7.05 Å². The van der Waals surface area contributed by atoms with E-state index in [-0.39, 0.29) is 5.82 Å². The standard InChI is InChI=1S/C14H11ClFN3/c1-19-12-6-5-8(17)7-11(12)18-14(19)13-9(15)3-2-4-10(13)16/h2-7H,17H2,1H3. The first-order valence-corrected chi connectivity index (χ1v) is 6.12. The van der Waals surface area contributed by atoms with Gasteiger partial charge >= 0.3 is 0 Å². The van der Waals surface area contributed by atoms with Crippen LogP contribution in [0.2, 0.25) is 5.02 Å². The van der Waals surface area contributed by atoms with Crippen LogP contribution in [0.25, 0.3) is 22.4 Å². The summed E-state index contributed by atoms with van der Waals surface area (Å²) in [6.45, 7) is 0. The zero-order valence-corrected chi connectivity index (χ0v) is 10.9. The van der Waals surface area contributed by atoms with Gasteiger partial charge in [-0.3, -0.25) is 0 Å². The molecule has 0 aliphatic rings. The van der Waals surface area contributed by atoms with Gasteiger partial charge in [0.25, 0.3) is 0 Å². The van der Waals surface area contributed by atoms with Gasteiger partial charge in [0.2, 0.25) is 0 Å². The van der Waals surface area contributed by atoms with E-state index in [0.717, 1.165) is 11.0 Å². The molecule has 0 spiro atoms. The maximum atomic E-state index is 14.0. The molecule has 0 amide bonds. The summed E-state index contributed by atoms with van der Waals surface area (Å²) in [5.41, 5.74) is 8.26. The molecule has 0 bridgehead atoms. The fourth-order valence-electron chi connectivity index (χ4n) is 2.15. The van der Waals surface area contributed by atoms with Crippen LogP contribution in [-0.2, 0) is 7.05 Å². The molecule has 96 valence electrons. The molecule has 5 heteroatoms. The number of hydrogen-bond donors (Lipinski definition) is 1. The summed E-state index contributed by atoms with van der Waals surface area (Å²) in [7, 11) is 1.82. The van der Waals surface area contributed by atoms with Crippen molar-refractivity contribution in [3.8, 4) is 11.4 Å². The van der Waals surface area contributed by atoms with Gasteiger partial charge in [0.1, 0.15) is 11.6 Å². The van der Waals surface area contributed by atoms with Crippen molar-refractivity contribution in [3.63, 3.8) is 0 Å². The smallest absolute Gasteiger partial charge is 0.145 e. The number of anilines is 1. The van der Waals surface area contributed by atoms with Crippen molar-refractivity contribution in [1.82, 2.24) is 9.55 Å². The highest BCUT2D eigenvalue weighted by Crippen LogP contribution is 2.32. The third-order valence-electron chi connectivity index (χ3n) is 3.09. The van der Waals surface area contributed by atoms with Crippen LogP contribution in [0.15, 0.2) is 36.4 Å². The van der Waals surface area contributed by atoms with Gasteiger partial charge in [0, 0.05) is 12.7 Å². The zero-order valence-electron chi connectivity index (χ0n) is 10.2. The van der Waals surface area contributed by atoms with Gasteiger partial charge in [-0.15, -0.1) is 0 Å². The quantitative estimate of drug-likeness (QED) is 0.690. The lowest BCUT2D eigenvalue weighted by atomic mass is 10.2. The normalized spacial score (nSPS) is 11.1. The summed E-state index contributed by atoms with van der Waals surface area (Å²) in [5, 5.41) is 0.339. The average molecular weight is 276 g/mol. The number of fused-ring (bicyclic) bond motifs is 1. The molecule has 0 saturated carbocycles. The number of nitrogen functional groups attached to an aromatic ring is 1. The van der Waals surface area contributed by atoms with Crippen molar-refractivity contribution < 1.29 is 4.39 Å². The molecule has 0 unspecified atom stereocenters. The van der Waals surface area contributed by atoms with Crippen LogP contribution in [0, 0.1) is 5.82 Å². The SMILES string of the molecule is Cn1c(-c2c(F)cccc2Cl)nc2cc(N)ccc21. The van der Waals surface area contributed by atoms with Crippen LogP contribution < -0.4 is 5.73 Å². The Morgan fingerprint density at radius 1 is 1.26 bits per heavy atom. The Hall–Kier alpha value is -2.07. The van der Waals surface area contributed by atoms with E-state index in [2.05, 4.69) is 4.98 Å². The molecule has 2 N–H and O–H groups in total. The number of imidazole rings is 1. The van der Waals surface area contributed by atoms with E-state index in [1.807, 2.05) is 13.1 Å². The van der Waals surface area contributed by atoms with Gasteiger partial charge in [0.15, 0.2) is 0 Å².